The zero-order valence-corrected chi connectivity index (χ0v) is 9.67. The molecule has 0 rings (SSSR count). The minimum atomic E-state index is 0. The van der Waals surface area contributed by atoms with E-state index in [-0.39, 0.29) is 90.0 Å². The first-order valence-electron chi connectivity index (χ1n) is 0. The van der Waals surface area contributed by atoms with Gasteiger partial charge in [0.2, 0.25) is 0 Å². The molecule has 0 amide bonds. The second kappa shape index (κ2) is 29.2. The Bertz CT molecular complexity index is 6.85. The van der Waals surface area contributed by atoms with Crippen LogP contribution in [0.4, 0.5) is 0 Å². The summed E-state index contributed by atoms with van der Waals surface area (Å²) < 4.78 is 0. The van der Waals surface area contributed by atoms with Crippen LogP contribution in [0.15, 0.2) is 0 Å². The Hall–Kier alpha value is 2.79. The van der Waals surface area contributed by atoms with Gasteiger partial charge in [-0.15, -0.1) is 0 Å². The first-order valence-corrected chi connectivity index (χ1v) is 0. The molecule has 33 valence electrons. The fourth-order valence-electron chi connectivity index (χ4n) is 0. The summed E-state index contributed by atoms with van der Waals surface area (Å²) in [5.41, 5.74) is 0. The van der Waals surface area contributed by atoms with Crippen LogP contribution >= 0.6 is 0 Å². The summed E-state index contributed by atoms with van der Waals surface area (Å²) >= 11 is 0. The molecule has 0 saturated heterocycles. The van der Waals surface area contributed by atoms with Gasteiger partial charge in [0.1, 0.15) is 0 Å². The Balaban J connectivity index is 0. The molecule has 0 saturated carbocycles. The van der Waals surface area contributed by atoms with Gasteiger partial charge in [-0.2, -0.15) is 0 Å². The number of hydrogen-bond donors (Lipinski definition) is 0. The van der Waals surface area contributed by atoms with Crippen LogP contribution in [-0.4, -0.2) is 51.2 Å². The summed E-state index contributed by atoms with van der Waals surface area (Å²) in [6.07, 6.45) is 0. The van der Waals surface area contributed by atoms with Crippen LogP contribution in [0.2, 0.25) is 0 Å². The molecule has 0 aromatic carbocycles. The summed E-state index contributed by atoms with van der Waals surface area (Å²) in [5.74, 6) is 0. The normalized spacial score (nSPS) is 0. The predicted molar refractivity (Wildman–Crippen MR) is 17.3 cm³/mol. The van der Waals surface area contributed by atoms with Gasteiger partial charge in [0.15, 0.2) is 0 Å². The minimum absolute atomic E-state index is 0. The van der Waals surface area contributed by atoms with Crippen LogP contribution in [0.1, 0.15) is 0 Å². The molecule has 0 aliphatic heterocycles. The van der Waals surface area contributed by atoms with Crippen LogP contribution in [0.25, 0.3) is 0 Å². The van der Waals surface area contributed by atoms with Gasteiger partial charge in [0.25, 0.3) is 0 Å². The van der Waals surface area contributed by atoms with Crippen LogP contribution in [-0.2, 0) is 38.8 Å². The van der Waals surface area contributed by atoms with Gasteiger partial charge in [-0.25, -0.2) is 0 Å². The van der Waals surface area contributed by atoms with Crippen LogP contribution in [0, 0.1) is 0 Å². The monoisotopic (exact) mass is 351 g/mol. The molecule has 0 nitrogen and oxygen atoms in total. The number of hydrogen-bond acceptors (Lipinski definition) is 0. The summed E-state index contributed by atoms with van der Waals surface area (Å²) in [6.45, 7) is 0. The van der Waals surface area contributed by atoms with Crippen molar-refractivity contribution in [3.63, 3.8) is 0 Å². The van der Waals surface area contributed by atoms with E-state index >= 15 is 0 Å². The van der Waals surface area contributed by atoms with Gasteiger partial charge in [0.05, 0.1) is 0 Å². The summed E-state index contributed by atoms with van der Waals surface area (Å²) in [7, 11) is 0. The molecule has 0 bridgehead atoms. The molecule has 0 heterocycles. The van der Waals surface area contributed by atoms with Crippen LogP contribution in [0.5, 0.6) is 0 Å². The molecule has 0 aliphatic rings. The Labute approximate surface area is 88.8 Å². The van der Waals surface area contributed by atoms with Crippen molar-refractivity contribution in [1.82, 2.24) is 0 Å². The molecule has 0 N–H and O–H groups in total. The van der Waals surface area contributed by atoms with Crippen molar-refractivity contribution in [2.45, 2.75) is 0 Å². The molecule has 0 unspecified atom stereocenters. The summed E-state index contributed by atoms with van der Waals surface area (Å²) in [4.78, 5) is 0. The van der Waals surface area contributed by atoms with Crippen LogP contribution < -0.4 is 0 Å². The molecule has 5 heavy (non-hydrogen) atoms. The van der Waals surface area contributed by atoms with E-state index in [0.29, 0.717) is 0 Å². The van der Waals surface area contributed by atoms with Gasteiger partial charge >= 0.3 is 38.8 Å². The molecular formula is CuSe3Ti. The van der Waals surface area contributed by atoms with E-state index < -0.39 is 0 Å². The third kappa shape index (κ3) is 20.0. The molecule has 0 aromatic heterocycles. The topological polar surface area (TPSA) is 0 Å². The third-order valence-corrected chi connectivity index (χ3v) is 0. The first-order chi connectivity index (χ1) is 0. The van der Waals surface area contributed by atoms with Gasteiger partial charge in [0, 0.05) is 0 Å². The molecular weight excluding hydrogens is 348 g/mol. The number of rotatable bonds is 0. The van der Waals surface area contributed by atoms with E-state index in [1.54, 1.807) is 0 Å². The largest absolute Gasteiger partial charge is 4.00 e. The fourth-order valence-corrected chi connectivity index (χ4v) is 0. The van der Waals surface area contributed by atoms with Crippen molar-refractivity contribution in [3.8, 4) is 0 Å². The van der Waals surface area contributed by atoms with E-state index in [1.165, 1.54) is 0 Å². The van der Waals surface area contributed by atoms with Gasteiger partial charge in [-0.3, -0.25) is 0 Å². The quantitative estimate of drug-likeness (QED) is 0.485. The Morgan fingerprint density at radius 1 is 0.600 bits per heavy atom. The SMILES string of the molecule is [Cu+2].[Se-2].[Se-2].[Se-2].[Ti+4]. The molecule has 5 heteroatoms. The van der Waals surface area contributed by atoms with E-state index in [2.05, 4.69) is 0 Å². The zero-order chi connectivity index (χ0) is 0. The molecule has 1 radical (unpaired) electrons. The minimum Gasteiger partial charge on any atom is -2.00 e. The molecule has 0 atom stereocenters. The average molecular weight is 348 g/mol. The van der Waals surface area contributed by atoms with E-state index in [0.717, 1.165) is 0 Å². The Kier molecular flexibility index (Phi) is 270. The van der Waals surface area contributed by atoms with Crippen molar-refractivity contribution in [3.05, 3.63) is 0 Å². The maximum Gasteiger partial charge on any atom is 4.00 e. The van der Waals surface area contributed by atoms with Crippen molar-refractivity contribution >= 4 is 51.2 Å². The Morgan fingerprint density at radius 2 is 0.600 bits per heavy atom. The summed E-state index contributed by atoms with van der Waals surface area (Å²) in [6, 6.07) is 0. The second-order valence-electron chi connectivity index (χ2n) is 0. The van der Waals surface area contributed by atoms with E-state index in [4.69, 9.17) is 0 Å². The Morgan fingerprint density at radius 3 is 0.600 bits per heavy atom. The maximum atomic E-state index is 0. The van der Waals surface area contributed by atoms with Gasteiger partial charge in [-0.1, -0.05) is 0 Å². The molecule has 0 fully saturated rings. The van der Waals surface area contributed by atoms with Crippen molar-refractivity contribution in [1.29, 1.82) is 0 Å². The molecule has 0 aliphatic carbocycles. The first kappa shape index (κ1) is 46.1. The fraction of sp³-hybridized carbons (Fsp3) is 0. The van der Waals surface area contributed by atoms with E-state index in [9.17, 15) is 0 Å². The summed E-state index contributed by atoms with van der Waals surface area (Å²) in [5, 5.41) is 0. The molecule has 0 spiro atoms. The standard InChI is InChI=1S/Cu.3Se.Ti/q+2;3*-2;+4. The van der Waals surface area contributed by atoms with Gasteiger partial charge < -0.3 is 51.2 Å². The van der Waals surface area contributed by atoms with Crippen LogP contribution in [0.3, 0.4) is 0 Å². The van der Waals surface area contributed by atoms with Crippen molar-refractivity contribution in [2.75, 3.05) is 0 Å². The molecule has 0 aromatic rings. The van der Waals surface area contributed by atoms with E-state index in [1.807, 2.05) is 0 Å². The predicted octanol–water partition coefficient (Wildman–Crippen LogP) is -1.15. The second-order valence-corrected chi connectivity index (χ2v) is 0. The van der Waals surface area contributed by atoms with Crippen molar-refractivity contribution in [2.24, 2.45) is 0 Å². The van der Waals surface area contributed by atoms with Crippen molar-refractivity contribution < 1.29 is 38.8 Å². The average Bonchev–Trinajstić information content (AvgIpc) is 0. The van der Waals surface area contributed by atoms with Gasteiger partial charge in [-0.05, 0) is 0 Å². The third-order valence-electron chi connectivity index (χ3n) is 0. The smallest absolute Gasteiger partial charge is 2.00 e. The zero-order valence-electron chi connectivity index (χ0n) is 2.03. The maximum absolute atomic E-state index is 0.